The molecule has 114 valence electrons. The number of halogens is 3. The van der Waals surface area contributed by atoms with Crippen molar-refractivity contribution >= 4 is 56.4 Å². The van der Waals surface area contributed by atoms with Gasteiger partial charge in [0.25, 0.3) is 5.56 Å². The molecule has 3 nitrogen and oxygen atoms in total. The van der Waals surface area contributed by atoms with Crippen LogP contribution in [0.2, 0.25) is 15.1 Å². The summed E-state index contributed by atoms with van der Waals surface area (Å²) >= 11 is 20.0. The zero-order valence-corrected chi connectivity index (χ0v) is 14.9. The summed E-state index contributed by atoms with van der Waals surface area (Å²) < 4.78 is 1.57. The van der Waals surface area contributed by atoms with Crippen LogP contribution in [-0.4, -0.2) is 9.55 Å². The van der Waals surface area contributed by atoms with Gasteiger partial charge in [0.2, 0.25) is 0 Å². The number of thiophene rings is 1. The van der Waals surface area contributed by atoms with Crippen LogP contribution in [0.5, 0.6) is 0 Å². The van der Waals surface area contributed by atoms with Gasteiger partial charge in [-0.25, -0.2) is 4.98 Å². The van der Waals surface area contributed by atoms with E-state index < -0.39 is 0 Å². The summed E-state index contributed by atoms with van der Waals surface area (Å²) in [5.41, 5.74) is 0.521. The van der Waals surface area contributed by atoms with Gasteiger partial charge >= 0.3 is 0 Å². The van der Waals surface area contributed by atoms with Crippen LogP contribution in [0.4, 0.5) is 0 Å². The van der Waals surface area contributed by atoms with Crippen molar-refractivity contribution in [2.45, 2.75) is 20.4 Å². The molecule has 0 saturated heterocycles. The van der Waals surface area contributed by atoms with Crippen LogP contribution in [-0.2, 0) is 6.54 Å². The van der Waals surface area contributed by atoms with E-state index >= 15 is 0 Å². The number of rotatable bonds is 2. The van der Waals surface area contributed by atoms with Crippen LogP contribution in [0.25, 0.3) is 10.2 Å². The van der Waals surface area contributed by atoms with E-state index in [-0.39, 0.29) is 12.1 Å². The van der Waals surface area contributed by atoms with Gasteiger partial charge in [0.15, 0.2) is 0 Å². The highest BCUT2D eigenvalue weighted by Gasteiger charge is 2.15. The number of hydrogen-bond acceptors (Lipinski definition) is 3. The molecule has 0 amide bonds. The molecule has 0 bridgehead atoms. The molecule has 7 heteroatoms. The van der Waals surface area contributed by atoms with Crippen LogP contribution in [0.1, 0.15) is 16.3 Å². The topological polar surface area (TPSA) is 34.9 Å². The van der Waals surface area contributed by atoms with E-state index in [2.05, 4.69) is 4.98 Å². The fourth-order valence-corrected chi connectivity index (χ4v) is 3.88. The molecule has 0 unspecified atom stereocenters. The van der Waals surface area contributed by atoms with E-state index in [0.29, 0.717) is 31.8 Å². The van der Waals surface area contributed by atoms with E-state index in [4.69, 9.17) is 34.8 Å². The quantitative estimate of drug-likeness (QED) is 0.587. The molecule has 3 aromatic rings. The zero-order valence-electron chi connectivity index (χ0n) is 11.8. The minimum Gasteiger partial charge on any atom is -0.292 e. The molecule has 0 aliphatic rings. The molecule has 0 aliphatic carbocycles. The Kier molecular flexibility index (Phi) is 4.21. The van der Waals surface area contributed by atoms with Crippen molar-refractivity contribution < 1.29 is 0 Å². The molecule has 2 heterocycles. The molecule has 22 heavy (non-hydrogen) atoms. The predicted molar refractivity (Wildman–Crippen MR) is 93.9 cm³/mol. The molecular formula is C15H11Cl3N2OS. The van der Waals surface area contributed by atoms with Gasteiger partial charge in [0.1, 0.15) is 10.7 Å². The molecule has 3 rings (SSSR count). The highest BCUT2D eigenvalue weighted by atomic mass is 35.5. The second kappa shape index (κ2) is 5.85. The van der Waals surface area contributed by atoms with Gasteiger partial charge in [-0.1, -0.05) is 34.8 Å². The van der Waals surface area contributed by atoms with Crippen molar-refractivity contribution in [3.05, 3.63) is 59.9 Å². The number of benzene rings is 1. The van der Waals surface area contributed by atoms with E-state index in [1.807, 2.05) is 13.0 Å². The lowest BCUT2D eigenvalue weighted by Crippen LogP contribution is -2.24. The smallest absolute Gasteiger partial charge is 0.262 e. The maximum absolute atomic E-state index is 12.7. The minimum atomic E-state index is -0.0982. The number of fused-ring (bicyclic) bond motifs is 1. The minimum absolute atomic E-state index is 0.0982. The van der Waals surface area contributed by atoms with Crippen molar-refractivity contribution in [1.29, 1.82) is 0 Å². The lowest BCUT2D eigenvalue weighted by atomic mass is 10.2. The SMILES string of the molecule is Cc1cc2c(=O)n(Cc3c(Cl)ccc(Cl)c3Cl)c(C)nc2s1. The molecule has 2 aromatic heterocycles. The average molecular weight is 374 g/mol. The van der Waals surface area contributed by atoms with Gasteiger partial charge in [0.05, 0.1) is 22.0 Å². The lowest BCUT2D eigenvalue weighted by Gasteiger charge is -2.13. The molecule has 0 N–H and O–H groups in total. The number of aromatic nitrogens is 2. The van der Waals surface area contributed by atoms with Crippen molar-refractivity contribution in [2.24, 2.45) is 0 Å². The molecule has 0 radical (unpaired) electrons. The summed E-state index contributed by atoms with van der Waals surface area (Å²) in [6.45, 7) is 3.99. The Hall–Kier alpha value is -1.07. The first-order valence-corrected chi connectivity index (χ1v) is 8.43. The number of aryl methyl sites for hydroxylation is 2. The van der Waals surface area contributed by atoms with Crippen LogP contribution in [0, 0.1) is 13.8 Å². The monoisotopic (exact) mass is 372 g/mol. The summed E-state index contributed by atoms with van der Waals surface area (Å²) in [5.74, 6) is 0.617. The van der Waals surface area contributed by atoms with Crippen molar-refractivity contribution in [3.8, 4) is 0 Å². The predicted octanol–water partition coefficient (Wildman–Crippen LogP) is 5.08. The third kappa shape index (κ3) is 2.65. The first-order chi connectivity index (χ1) is 10.4. The molecule has 0 saturated carbocycles. The van der Waals surface area contributed by atoms with E-state index in [1.165, 1.54) is 11.3 Å². The lowest BCUT2D eigenvalue weighted by molar-refractivity contribution is 0.714. The van der Waals surface area contributed by atoms with Gasteiger partial charge in [-0.3, -0.25) is 9.36 Å². The molecular weight excluding hydrogens is 363 g/mol. The third-order valence-corrected chi connectivity index (χ3v) is 5.56. The Morgan fingerprint density at radius 2 is 1.86 bits per heavy atom. The highest BCUT2D eigenvalue weighted by Crippen LogP contribution is 2.32. The summed E-state index contributed by atoms with van der Waals surface area (Å²) in [6, 6.07) is 5.16. The van der Waals surface area contributed by atoms with Gasteiger partial charge < -0.3 is 0 Å². The molecule has 0 aliphatic heterocycles. The Morgan fingerprint density at radius 3 is 2.59 bits per heavy atom. The fraction of sp³-hybridized carbons (Fsp3) is 0.200. The standard InChI is InChI=1S/C15H11Cl3N2OS/c1-7-5-9-14(22-7)19-8(2)20(15(9)21)6-10-11(16)3-4-12(17)13(10)18/h3-5H,6H2,1-2H3. The molecule has 0 spiro atoms. The van der Waals surface area contributed by atoms with Crippen molar-refractivity contribution in [3.63, 3.8) is 0 Å². The van der Waals surface area contributed by atoms with Crippen molar-refractivity contribution in [2.75, 3.05) is 0 Å². The van der Waals surface area contributed by atoms with Gasteiger partial charge in [-0.2, -0.15) is 0 Å². The van der Waals surface area contributed by atoms with Crippen molar-refractivity contribution in [1.82, 2.24) is 9.55 Å². The summed E-state index contributed by atoms with van der Waals surface area (Å²) in [4.78, 5) is 19.0. The van der Waals surface area contributed by atoms with E-state index in [0.717, 1.165) is 9.71 Å². The maximum atomic E-state index is 12.7. The third-order valence-electron chi connectivity index (χ3n) is 3.42. The second-order valence-corrected chi connectivity index (χ2v) is 7.38. The first kappa shape index (κ1) is 15.8. The van der Waals surface area contributed by atoms with Crippen LogP contribution >= 0.6 is 46.1 Å². The Labute approximate surface area is 146 Å². The normalized spacial score (nSPS) is 11.3. The van der Waals surface area contributed by atoms with Crippen LogP contribution in [0.15, 0.2) is 23.0 Å². The largest absolute Gasteiger partial charge is 0.292 e. The molecule has 1 aromatic carbocycles. The first-order valence-electron chi connectivity index (χ1n) is 6.48. The number of hydrogen-bond donors (Lipinski definition) is 0. The molecule has 0 atom stereocenters. The Balaban J connectivity index is 2.20. The van der Waals surface area contributed by atoms with Crippen LogP contribution in [0.3, 0.4) is 0 Å². The summed E-state index contributed by atoms with van der Waals surface area (Å²) in [6.07, 6.45) is 0. The Bertz CT molecular complexity index is 946. The average Bonchev–Trinajstić information content (AvgIpc) is 2.83. The fourth-order valence-electron chi connectivity index (χ4n) is 2.30. The van der Waals surface area contributed by atoms with Gasteiger partial charge in [-0.05, 0) is 32.0 Å². The van der Waals surface area contributed by atoms with Gasteiger partial charge in [0, 0.05) is 15.5 Å². The second-order valence-electron chi connectivity index (χ2n) is 4.95. The summed E-state index contributed by atoms with van der Waals surface area (Å²) in [7, 11) is 0. The number of nitrogens with zero attached hydrogens (tertiary/aromatic N) is 2. The zero-order chi connectivity index (χ0) is 16.0. The van der Waals surface area contributed by atoms with E-state index in [1.54, 1.807) is 23.6 Å². The Morgan fingerprint density at radius 1 is 1.18 bits per heavy atom. The summed E-state index contributed by atoms with van der Waals surface area (Å²) in [5, 5.41) is 1.86. The van der Waals surface area contributed by atoms with E-state index in [9.17, 15) is 4.79 Å². The highest BCUT2D eigenvalue weighted by molar-refractivity contribution is 7.18. The maximum Gasteiger partial charge on any atom is 0.262 e. The molecule has 0 fully saturated rings. The van der Waals surface area contributed by atoms with Gasteiger partial charge in [-0.15, -0.1) is 11.3 Å². The van der Waals surface area contributed by atoms with Crippen LogP contribution < -0.4 is 5.56 Å².